The van der Waals surface area contributed by atoms with Crippen molar-refractivity contribution >= 4 is 15.7 Å². The zero-order chi connectivity index (χ0) is 28.4. The maximum Gasteiger partial charge on any atom is 0.426 e. The van der Waals surface area contributed by atoms with Crippen molar-refractivity contribution in [2.75, 3.05) is 0 Å². The average Bonchev–Trinajstić information content (AvgIpc) is 3.47. The number of aliphatic hydroxyl groups is 1. The summed E-state index contributed by atoms with van der Waals surface area (Å²) in [6, 6.07) is 7.20. The van der Waals surface area contributed by atoms with Gasteiger partial charge < -0.3 is 10.4 Å². The zero-order valence-corrected chi connectivity index (χ0v) is 22.1. The number of aryl methyl sites for hydroxylation is 1. The fourth-order valence-electron chi connectivity index (χ4n) is 6.85. The summed E-state index contributed by atoms with van der Waals surface area (Å²) in [6.07, 6.45) is -3.38. The Morgan fingerprint density at radius 1 is 1.03 bits per heavy atom. The lowest BCUT2D eigenvalue weighted by Gasteiger charge is -2.42. The molecule has 6 atom stereocenters. The van der Waals surface area contributed by atoms with E-state index in [2.05, 4.69) is 5.32 Å². The molecule has 0 saturated heterocycles. The van der Waals surface area contributed by atoms with Crippen molar-refractivity contribution in [3.63, 3.8) is 0 Å². The molecule has 0 heterocycles. The molecule has 0 spiro atoms. The largest absolute Gasteiger partial charge is 0.426 e. The molecule has 1 amide bonds. The van der Waals surface area contributed by atoms with Crippen LogP contribution >= 0.6 is 0 Å². The summed E-state index contributed by atoms with van der Waals surface area (Å²) in [4.78, 5) is 13.3. The van der Waals surface area contributed by atoms with Gasteiger partial charge in [0.25, 0.3) is 0 Å². The van der Waals surface area contributed by atoms with E-state index in [1.807, 2.05) is 0 Å². The van der Waals surface area contributed by atoms with E-state index in [-0.39, 0.29) is 47.6 Å². The number of hydrogen-bond donors (Lipinski definition) is 2. The number of alkyl halides is 4. The van der Waals surface area contributed by atoms with E-state index >= 15 is 0 Å². The molecule has 2 N–H and O–H groups in total. The van der Waals surface area contributed by atoms with Gasteiger partial charge in [0.2, 0.25) is 11.6 Å². The number of carbonyl (C=O) groups is 1. The second-order valence-electron chi connectivity index (χ2n) is 11.1. The number of halogens is 5. The van der Waals surface area contributed by atoms with Gasteiger partial charge in [0, 0.05) is 5.92 Å². The third-order valence-electron chi connectivity index (χ3n) is 9.02. The molecule has 212 valence electrons. The highest BCUT2D eigenvalue weighted by atomic mass is 32.2. The number of carbonyl (C=O) groups excluding carboxylic acids is 1. The fraction of sp³-hybridized carbons (Fsp3) is 0.536. The van der Waals surface area contributed by atoms with E-state index < -0.39 is 61.8 Å². The van der Waals surface area contributed by atoms with Gasteiger partial charge in [0.15, 0.2) is 9.84 Å². The van der Waals surface area contributed by atoms with Gasteiger partial charge in [-0.05, 0) is 98.7 Å². The average molecular weight is 572 g/mol. The predicted octanol–water partition coefficient (Wildman–Crippen LogP) is 5.24. The van der Waals surface area contributed by atoms with E-state index in [1.165, 1.54) is 6.07 Å². The quantitative estimate of drug-likeness (QED) is 0.380. The molecule has 11 heteroatoms. The van der Waals surface area contributed by atoms with E-state index in [9.17, 15) is 40.3 Å². The molecule has 0 radical (unpaired) electrons. The highest BCUT2D eigenvalue weighted by molar-refractivity contribution is 7.92. The number of sulfone groups is 1. The molecule has 5 rings (SSSR count). The molecule has 5 nitrogen and oxygen atoms in total. The molecule has 3 aliphatic rings. The summed E-state index contributed by atoms with van der Waals surface area (Å²) >= 11 is 0. The Balaban J connectivity index is 1.61. The molecule has 2 aromatic carbocycles. The molecule has 0 bridgehead atoms. The van der Waals surface area contributed by atoms with Crippen molar-refractivity contribution in [3.05, 3.63) is 65.0 Å². The molecule has 1 unspecified atom stereocenters. The Labute approximate surface area is 223 Å². The molecule has 2 aromatic rings. The summed E-state index contributed by atoms with van der Waals surface area (Å²) in [5.41, 5.74) is -3.72. The van der Waals surface area contributed by atoms with E-state index in [1.54, 1.807) is 0 Å². The van der Waals surface area contributed by atoms with Crippen LogP contribution in [0, 0.1) is 17.7 Å². The Kier molecular flexibility index (Phi) is 6.85. The van der Waals surface area contributed by atoms with Crippen molar-refractivity contribution < 1.29 is 40.3 Å². The second kappa shape index (κ2) is 9.54. The van der Waals surface area contributed by atoms with E-state index in [0.29, 0.717) is 19.8 Å². The number of rotatable bonds is 5. The van der Waals surface area contributed by atoms with Gasteiger partial charge in [-0.25, -0.2) is 17.2 Å². The maximum absolute atomic E-state index is 14.8. The monoisotopic (exact) mass is 571 g/mol. The molecular weight excluding hydrogens is 541 g/mol. The lowest BCUT2D eigenvalue weighted by Crippen LogP contribution is -2.49. The van der Waals surface area contributed by atoms with Crippen LogP contribution in [0.25, 0.3) is 0 Å². The van der Waals surface area contributed by atoms with Gasteiger partial charge in [-0.3, -0.25) is 4.79 Å². The zero-order valence-electron chi connectivity index (χ0n) is 21.3. The maximum atomic E-state index is 14.8. The summed E-state index contributed by atoms with van der Waals surface area (Å²) in [5, 5.41) is 13.1. The Morgan fingerprint density at radius 3 is 2.33 bits per heavy atom. The van der Waals surface area contributed by atoms with Gasteiger partial charge in [-0.1, -0.05) is 18.2 Å². The molecule has 3 aliphatic carbocycles. The summed E-state index contributed by atoms with van der Waals surface area (Å²) in [5.74, 6) is -2.44. The normalized spacial score (nSPS) is 30.3. The first kappa shape index (κ1) is 28.0. The van der Waals surface area contributed by atoms with Crippen molar-refractivity contribution in [2.24, 2.45) is 11.8 Å². The van der Waals surface area contributed by atoms with Crippen LogP contribution in [-0.2, 0) is 31.5 Å². The van der Waals surface area contributed by atoms with Crippen molar-refractivity contribution in [1.29, 1.82) is 0 Å². The summed E-state index contributed by atoms with van der Waals surface area (Å²) in [7, 11) is -4.28. The van der Waals surface area contributed by atoms with Gasteiger partial charge in [0.05, 0.1) is 17.0 Å². The van der Waals surface area contributed by atoms with E-state index in [0.717, 1.165) is 42.8 Å². The van der Waals surface area contributed by atoms with Gasteiger partial charge in [-0.2, -0.15) is 13.2 Å². The Bertz CT molecular complexity index is 1380. The molecule has 0 aromatic heterocycles. The van der Waals surface area contributed by atoms with Crippen LogP contribution < -0.4 is 5.32 Å². The number of amides is 1. The van der Waals surface area contributed by atoms with Crippen LogP contribution in [0.4, 0.5) is 22.0 Å². The van der Waals surface area contributed by atoms with Crippen molar-refractivity contribution in [1.82, 2.24) is 5.32 Å². The van der Waals surface area contributed by atoms with Crippen molar-refractivity contribution in [3.8, 4) is 0 Å². The standard InChI is InChI=1S/C28H30F5NO4S/c1-26(30,28(31,32)33)17-6-12-21-16(15-17)5-11-22-20(25(36)34-23-3-2-4-24(23)35)13-14-27(21,22)39(37,38)19-9-7-18(29)8-10-19/h6-10,12,15,20,22-24,35H,2-5,11,13-14H2,1H3,(H,34,36)/t20-,22+,23+,24+,26?,27-/m1/s1. The molecule has 2 fully saturated rings. The third kappa shape index (κ3) is 4.36. The van der Waals surface area contributed by atoms with Crippen LogP contribution in [0.15, 0.2) is 47.4 Å². The molecule has 0 aliphatic heterocycles. The van der Waals surface area contributed by atoms with Crippen LogP contribution in [0.1, 0.15) is 62.1 Å². The fourth-order valence-corrected chi connectivity index (χ4v) is 9.32. The predicted molar refractivity (Wildman–Crippen MR) is 133 cm³/mol. The minimum atomic E-state index is -5.17. The van der Waals surface area contributed by atoms with Gasteiger partial charge >= 0.3 is 6.18 Å². The molecule has 2 saturated carbocycles. The Morgan fingerprint density at radius 2 is 1.72 bits per heavy atom. The highest BCUT2D eigenvalue weighted by Gasteiger charge is 2.62. The first-order valence-electron chi connectivity index (χ1n) is 13.1. The lowest BCUT2D eigenvalue weighted by molar-refractivity contribution is -0.228. The molecular formula is C28H30F5NO4S. The Hall–Kier alpha value is -2.53. The smallest absolute Gasteiger partial charge is 0.391 e. The number of benzene rings is 2. The minimum Gasteiger partial charge on any atom is -0.391 e. The number of hydrogen-bond acceptors (Lipinski definition) is 4. The topological polar surface area (TPSA) is 83.5 Å². The summed E-state index contributed by atoms with van der Waals surface area (Å²) < 4.78 is 95.9. The van der Waals surface area contributed by atoms with Gasteiger partial charge in [0.1, 0.15) is 10.6 Å². The second-order valence-corrected chi connectivity index (χ2v) is 13.3. The van der Waals surface area contributed by atoms with Crippen LogP contribution in [0.5, 0.6) is 0 Å². The van der Waals surface area contributed by atoms with E-state index in [4.69, 9.17) is 0 Å². The minimum absolute atomic E-state index is 0.0151. The SMILES string of the molecule is CC(F)(c1ccc2c(c1)CC[C@H]1[C@H](C(=O)N[C@H]3CCC[C@@H]3O)CC[C@@]21S(=O)(=O)c1ccc(F)cc1)C(F)(F)F. The first-order chi connectivity index (χ1) is 18.2. The van der Waals surface area contributed by atoms with Gasteiger partial charge in [-0.15, -0.1) is 0 Å². The van der Waals surface area contributed by atoms with Crippen LogP contribution in [0.2, 0.25) is 0 Å². The third-order valence-corrected chi connectivity index (χ3v) is 11.6. The number of aliphatic hydroxyl groups excluding tert-OH is 1. The summed E-state index contributed by atoms with van der Waals surface area (Å²) in [6.45, 7) is 0.429. The van der Waals surface area contributed by atoms with Crippen molar-refractivity contribution in [2.45, 2.75) is 85.5 Å². The van der Waals surface area contributed by atoms with Crippen LogP contribution in [0.3, 0.4) is 0 Å². The number of fused-ring (bicyclic) bond motifs is 3. The lowest BCUT2D eigenvalue weighted by atomic mass is 9.72. The number of nitrogens with one attached hydrogen (secondary N) is 1. The highest BCUT2D eigenvalue weighted by Crippen LogP contribution is 2.59. The first-order valence-corrected chi connectivity index (χ1v) is 14.6. The van der Waals surface area contributed by atoms with Crippen LogP contribution in [-0.4, -0.2) is 37.8 Å². The molecule has 39 heavy (non-hydrogen) atoms.